The summed E-state index contributed by atoms with van der Waals surface area (Å²) in [6.45, 7) is 16.8. The quantitative estimate of drug-likeness (QED) is 0.245. The van der Waals surface area contributed by atoms with Gasteiger partial charge in [-0.25, -0.2) is 0 Å². The molecule has 0 radical (unpaired) electrons. The van der Waals surface area contributed by atoms with E-state index in [0.717, 1.165) is 79.9 Å². The first-order chi connectivity index (χ1) is 14.4. The lowest BCUT2D eigenvalue weighted by molar-refractivity contribution is 0.255. The fourth-order valence-electron chi connectivity index (χ4n) is 3.98. The van der Waals surface area contributed by atoms with Crippen molar-refractivity contribution in [3.63, 3.8) is 0 Å². The molecule has 0 unspecified atom stereocenters. The van der Waals surface area contributed by atoms with Crippen molar-refractivity contribution < 1.29 is 5.11 Å². The van der Waals surface area contributed by atoms with E-state index in [1.807, 2.05) is 0 Å². The maximum atomic E-state index is 11.2. The zero-order chi connectivity index (χ0) is 22.1. The summed E-state index contributed by atoms with van der Waals surface area (Å²) in [5.41, 5.74) is 4.48. The second-order valence-corrected chi connectivity index (χ2v) is 10.9. The van der Waals surface area contributed by atoms with E-state index < -0.39 is 0 Å². The summed E-state index contributed by atoms with van der Waals surface area (Å²) >= 11 is 5.51. The zero-order valence-electron chi connectivity index (χ0n) is 19.3. The van der Waals surface area contributed by atoms with E-state index in [1.165, 1.54) is 16.0 Å². The van der Waals surface area contributed by atoms with Crippen LogP contribution in [0.1, 0.15) is 70.1 Å². The number of aromatic hydroxyl groups is 1. The molecule has 6 heteroatoms. The Morgan fingerprint density at radius 1 is 0.800 bits per heavy atom. The first-order valence-corrected chi connectivity index (χ1v) is 13.9. The molecule has 2 aromatic rings. The highest BCUT2D eigenvalue weighted by molar-refractivity contribution is 7.80. The maximum Gasteiger partial charge on any atom is 0.124 e. The third kappa shape index (κ3) is 6.86. The Balaban J connectivity index is 2.49. The molecule has 0 amide bonds. The molecular weight excluding hydrogens is 428 g/mol. The Morgan fingerprint density at radius 2 is 1.23 bits per heavy atom. The standard InChI is InChI=1S/C24H38N2OS3/c1-6-10-25(11-7-2)16-20-14-19(23-18(5)24(28)30-29-23)15-21(22(20)27)17-26(12-8-3)13-9-4/h14-15,27H,6-13,16-17H2,1-5H3. The van der Waals surface area contributed by atoms with E-state index in [0.29, 0.717) is 5.75 Å². The van der Waals surface area contributed by atoms with Gasteiger partial charge in [0.15, 0.2) is 0 Å². The van der Waals surface area contributed by atoms with Gasteiger partial charge in [-0.05, 0) is 82.0 Å². The van der Waals surface area contributed by atoms with Gasteiger partial charge < -0.3 is 5.11 Å². The third-order valence-electron chi connectivity index (χ3n) is 5.32. The van der Waals surface area contributed by atoms with Gasteiger partial charge in [0.25, 0.3) is 0 Å². The number of benzene rings is 1. The highest BCUT2D eigenvalue weighted by Crippen LogP contribution is 2.38. The summed E-state index contributed by atoms with van der Waals surface area (Å²) in [7, 11) is 3.44. The SMILES string of the molecule is CCCN(CCC)Cc1cc(-c2ssc(=S)c2C)cc(CN(CCC)CCC)c1O. The summed E-state index contributed by atoms with van der Waals surface area (Å²) < 4.78 is 0.975. The predicted octanol–water partition coefficient (Wildman–Crippen LogP) is 7.46. The maximum absolute atomic E-state index is 11.2. The Labute approximate surface area is 195 Å². The molecule has 1 N–H and O–H groups in total. The average molecular weight is 467 g/mol. The fraction of sp³-hybridized carbons (Fsp3) is 0.625. The van der Waals surface area contributed by atoms with Crippen LogP contribution in [0.25, 0.3) is 10.4 Å². The zero-order valence-corrected chi connectivity index (χ0v) is 21.7. The second kappa shape index (κ2) is 12.9. The summed E-state index contributed by atoms with van der Waals surface area (Å²) in [5.74, 6) is 0.477. The summed E-state index contributed by atoms with van der Waals surface area (Å²) in [4.78, 5) is 6.17. The molecule has 0 aliphatic carbocycles. The lowest BCUT2D eigenvalue weighted by Gasteiger charge is -2.25. The van der Waals surface area contributed by atoms with Gasteiger partial charge in [0.05, 0.1) is 4.88 Å². The Kier molecular flexibility index (Phi) is 11.0. The van der Waals surface area contributed by atoms with E-state index in [1.54, 1.807) is 20.7 Å². The monoisotopic (exact) mass is 466 g/mol. The second-order valence-electron chi connectivity index (χ2n) is 8.10. The van der Waals surface area contributed by atoms with Crippen LogP contribution in [-0.2, 0) is 13.1 Å². The number of rotatable bonds is 13. The van der Waals surface area contributed by atoms with Crippen molar-refractivity contribution in [2.24, 2.45) is 0 Å². The lowest BCUT2D eigenvalue weighted by Crippen LogP contribution is -2.26. The van der Waals surface area contributed by atoms with Gasteiger partial charge in [-0.3, -0.25) is 9.80 Å². The predicted molar refractivity (Wildman–Crippen MR) is 137 cm³/mol. The van der Waals surface area contributed by atoms with Crippen molar-refractivity contribution in [2.75, 3.05) is 26.2 Å². The Bertz CT molecular complexity index is 792. The van der Waals surface area contributed by atoms with Crippen LogP contribution in [0, 0.1) is 10.7 Å². The number of hydrogen-bond acceptors (Lipinski definition) is 6. The van der Waals surface area contributed by atoms with Crippen molar-refractivity contribution in [1.82, 2.24) is 9.80 Å². The molecule has 1 aromatic heterocycles. The first-order valence-electron chi connectivity index (χ1n) is 11.3. The van der Waals surface area contributed by atoms with Crippen LogP contribution in [0.15, 0.2) is 12.1 Å². The number of phenolic OH excluding ortho intramolecular Hbond substituents is 1. The first kappa shape index (κ1) is 25.5. The molecule has 30 heavy (non-hydrogen) atoms. The van der Waals surface area contributed by atoms with Crippen LogP contribution in [0.4, 0.5) is 0 Å². The molecule has 168 valence electrons. The molecule has 0 aliphatic heterocycles. The summed E-state index contributed by atoms with van der Waals surface area (Å²) in [5, 5.41) is 11.2. The van der Waals surface area contributed by atoms with Crippen LogP contribution in [0.2, 0.25) is 0 Å². The topological polar surface area (TPSA) is 26.7 Å². The molecule has 0 fully saturated rings. The van der Waals surface area contributed by atoms with Gasteiger partial charge in [0, 0.05) is 24.2 Å². The normalized spacial score (nSPS) is 11.7. The smallest absolute Gasteiger partial charge is 0.124 e. The van der Waals surface area contributed by atoms with E-state index in [-0.39, 0.29) is 0 Å². The minimum Gasteiger partial charge on any atom is -0.507 e. The molecule has 1 heterocycles. The molecule has 0 saturated carbocycles. The largest absolute Gasteiger partial charge is 0.507 e. The van der Waals surface area contributed by atoms with Gasteiger partial charge >= 0.3 is 0 Å². The van der Waals surface area contributed by atoms with E-state index >= 15 is 0 Å². The van der Waals surface area contributed by atoms with Crippen molar-refractivity contribution >= 4 is 32.9 Å². The van der Waals surface area contributed by atoms with E-state index in [9.17, 15) is 5.11 Å². The summed E-state index contributed by atoms with van der Waals surface area (Å²) in [6, 6.07) is 4.39. The minimum absolute atomic E-state index is 0.477. The molecule has 0 aliphatic rings. The molecule has 0 spiro atoms. The number of hydrogen-bond donors (Lipinski definition) is 1. The van der Waals surface area contributed by atoms with Crippen LogP contribution in [0.3, 0.4) is 0 Å². The molecule has 0 saturated heterocycles. The average Bonchev–Trinajstić information content (AvgIpc) is 3.04. The van der Waals surface area contributed by atoms with Gasteiger partial charge in [-0.1, -0.05) is 60.6 Å². The van der Waals surface area contributed by atoms with Crippen molar-refractivity contribution in [3.05, 3.63) is 32.6 Å². The Hall–Kier alpha value is -0.790. The van der Waals surface area contributed by atoms with E-state index in [2.05, 4.69) is 56.6 Å². The number of nitrogens with zero attached hydrogens (tertiary/aromatic N) is 2. The van der Waals surface area contributed by atoms with Gasteiger partial charge in [0.1, 0.15) is 9.57 Å². The van der Waals surface area contributed by atoms with Crippen molar-refractivity contribution in [1.29, 1.82) is 0 Å². The molecule has 0 bridgehead atoms. The van der Waals surface area contributed by atoms with Gasteiger partial charge in [0.2, 0.25) is 0 Å². The van der Waals surface area contributed by atoms with Gasteiger partial charge in [-0.2, -0.15) is 0 Å². The lowest BCUT2D eigenvalue weighted by atomic mass is 10.00. The fourth-order valence-corrected chi connectivity index (χ4v) is 6.86. The van der Waals surface area contributed by atoms with Crippen molar-refractivity contribution in [3.8, 4) is 16.2 Å². The van der Waals surface area contributed by atoms with Gasteiger partial charge in [-0.15, -0.1) is 0 Å². The molecular formula is C24H38N2OS3. The Morgan fingerprint density at radius 3 is 1.57 bits per heavy atom. The molecule has 3 nitrogen and oxygen atoms in total. The van der Waals surface area contributed by atoms with Crippen LogP contribution in [0.5, 0.6) is 5.75 Å². The van der Waals surface area contributed by atoms with Crippen LogP contribution in [-0.4, -0.2) is 41.1 Å². The highest BCUT2D eigenvalue weighted by Gasteiger charge is 2.18. The molecule has 0 atom stereocenters. The van der Waals surface area contributed by atoms with Crippen molar-refractivity contribution in [2.45, 2.75) is 73.4 Å². The van der Waals surface area contributed by atoms with Crippen LogP contribution < -0.4 is 0 Å². The molecule has 1 aromatic carbocycles. The van der Waals surface area contributed by atoms with E-state index in [4.69, 9.17) is 12.2 Å². The minimum atomic E-state index is 0.477. The third-order valence-corrected chi connectivity index (χ3v) is 8.70. The molecule has 2 rings (SSSR count). The number of phenols is 1. The van der Waals surface area contributed by atoms with Crippen LogP contribution >= 0.6 is 32.9 Å². The summed E-state index contributed by atoms with van der Waals surface area (Å²) in [6.07, 6.45) is 4.50. The highest BCUT2D eigenvalue weighted by atomic mass is 32.9.